The number of anilines is 1. The lowest BCUT2D eigenvalue weighted by molar-refractivity contribution is 0.588. The van der Waals surface area contributed by atoms with Gasteiger partial charge in [0.15, 0.2) is 5.82 Å². The summed E-state index contributed by atoms with van der Waals surface area (Å²) in [5.41, 5.74) is 0.973. The zero-order chi connectivity index (χ0) is 9.97. The summed E-state index contributed by atoms with van der Waals surface area (Å²) in [5.74, 6) is 1.000. The van der Waals surface area contributed by atoms with Crippen molar-refractivity contribution in [2.75, 3.05) is 18.0 Å². The largest absolute Gasteiger partial charge is 0.354 e. The number of alkyl halides is 1. The van der Waals surface area contributed by atoms with E-state index in [4.69, 9.17) is 0 Å². The second-order valence-corrected chi connectivity index (χ2v) is 5.01. The Morgan fingerprint density at radius 2 is 2.29 bits per heavy atom. The minimum Gasteiger partial charge on any atom is -0.354 e. The Labute approximate surface area is 92.7 Å². The number of hydrogen-bond donors (Lipinski definition) is 0. The van der Waals surface area contributed by atoms with Gasteiger partial charge in [0.2, 0.25) is 0 Å². The molecule has 76 valence electrons. The lowest BCUT2D eigenvalue weighted by Gasteiger charge is -2.30. The molecule has 0 saturated carbocycles. The molecule has 1 aromatic heterocycles. The number of aryl methyl sites for hydroxylation is 1. The van der Waals surface area contributed by atoms with Crippen molar-refractivity contribution in [3.8, 4) is 0 Å². The fraction of sp³-hybridized carbons (Fsp3) is 0.600. The van der Waals surface area contributed by atoms with Crippen molar-refractivity contribution in [3.05, 3.63) is 17.8 Å². The lowest BCUT2D eigenvalue weighted by atomic mass is 10.1. The Morgan fingerprint density at radius 1 is 1.43 bits per heavy atom. The van der Waals surface area contributed by atoms with Crippen LogP contribution >= 0.6 is 15.9 Å². The molecule has 1 aromatic rings. The molecule has 1 aliphatic rings. The minimum atomic E-state index is 0.597. The highest BCUT2D eigenvalue weighted by atomic mass is 79.9. The van der Waals surface area contributed by atoms with Gasteiger partial charge < -0.3 is 4.90 Å². The molecule has 0 spiro atoms. The Hall–Kier alpha value is -0.640. The van der Waals surface area contributed by atoms with Gasteiger partial charge in [-0.2, -0.15) is 5.10 Å². The van der Waals surface area contributed by atoms with Crippen LogP contribution in [0, 0.1) is 6.92 Å². The molecule has 2 heterocycles. The van der Waals surface area contributed by atoms with Gasteiger partial charge in [-0.3, -0.25) is 0 Å². The van der Waals surface area contributed by atoms with Crippen LogP contribution in [0.2, 0.25) is 0 Å². The summed E-state index contributed by atoms with van der Waals surface area (Å²) in [4.78, 5) is 2.88. The molecule has 1 saturated heterocycles. The van der Waals surface area contributed by atoms with E-state index in [-0.39, 0.29) is 0 Å². The molecule has 0 N–H and O–H groups in total. The minimum absolute atomic E-state index is 0.597. The SMILES string of the molecule is Cc1ccc(N2CCCC(Br)C2)nn1. The molecular weight excluding hydrogens is 242 g/mol. The third-order valence-corrected chi connectivity index (χ3v) is 3.22. The fourth-order valence-corrected chi connectivity index (χ4v) is 2.37. The predicted molar refractivity (Wildman–Crippen MR) is 60.9 cm³/mol. The maximum Gasteiger partial charge on any atom is 0.151 e. The average Bonchev–Trinajstić information content (AvgIpc) is 2.19. The predicted octanol–water partition coefficient (Wildman–Crippen LogP) is 2.15. The van der Waals surface area contributed by atoms with E-state index in [0.717, 1.165) is 24.6 Å². The van der Waals surface area contributed by atoms with E-state index in [1.807, 2.05) is 19.1 Å². The second kappa shape index (κ2) is 4.26. The van der Waals surface area contributed by atoms with E-state index >= 15 is 0 Å². The van der Waals surface area contributed by atoms with E-state index in [1.54, 1.807) is 0 Å². The average molecular weight is 256 g/mol. The van der Waals surface area contributed by atoms with Crippen LogP contribution < -0.4 is 4.90 Å². The number of hydrogen-bond acceptors (Lipinski definition) is 3. The molecule has 14 heavy (non-hydrogen) atoms. The van der Waals surface area contributed by atoms with Crippen LogP contribution in [0.4, 0.5) is 5.82 Å². The number of rotatable bonds is 1. The van der Waals surface area contributed by atoms with Gasteiger partial charge in [0, 0.05) is 17.9 Å². The van der Waals surface area contributed by atoms with E-state index in [2.05, 4.69) is 31.0 Å². The molecule has 1 fully saturated rings. The van der Waals surface area contributed by atoms with Gasteiger partial charge in [0.05, 0.1) is 5.69 Å². The van der Waals surface area contributed by atoms with Crippen molar-refractivity contribution < 1.29 is 0 Å². The van der Waals surface area contributed by atoms with E-state index in [0.29, 0.717) is 4.83 Å². The van der Waals surface area contributed by atoms with Crippen molar-refractivity contribution in [2.45, 2.75) is 24.6 Å². The first kappa shape index (κ1) is 9.90. The molecule has 0 radical (unpaired) electrons. The number of nitrogens with zero attached hydrogens (tertiary/aromatic N) is 3. The third kappa shape index (κ3) is 2.23. The van der Waals surface area contributed by atoms with E-state index < -0.39 is 0 Å². The van der Waals surface area contributed by atoms with Crippen LogP contribution in [0.5, 0.6) is 0 Å². The monoisotopic (exact) mass is 255 g/mol. The summed E-state index contributed by atoms with van der Waals surface area (Å²) in [6.07, 6.45) is 2.49. The standard InChI is InChI=1S/C10H14BrN3/c1-8-4-5-10(13-12-8)14-6-2-3-9(11)7-14/h4-5,9H,2-3,6-7H2,1H3. The van der Waals surface area contributed by atoms with Crippen LogP contribution in [0.15, 0.2) is 12.1 Å². The third-order valence-electron chi connectivity index (χ3n) is 2.47. The van der Waals surface area contributed by atoms with Gasteiger partial charge in [-0.15, -0.1) is 5.10 Å². The highest BCUT2D eigenvalue weighted by Crippen LogP contribution is 2.21. The molecule has 1 atom stereocenters. The molecule has 1 unspecified atom stereocenters. The molecule has 2 rings (SSSR count). The number of halogens is 1. The molecule has 1 aliphatic heterocycles. The molecule has 3 nitrogen and oxygen atoms in total. The molecular formula is C10H14BrN3. The molecule has 0 aromatic carbocycles. The number of aromatic nitrogens is 2. The lowest BCUT2D eigenvalue weighted by Crippen LogP contribution is -2.36. The Morgan fingerprint density at radius 3 is 2.93 bits per heavy atom. The van der Waals surface area contributed by atoms with Crippen LogP contribution in [0.3, 0.4) is 0 Å². The highest BCUT2D eigenvalue weighted by molar-refractivity contribution is 9.09. The maximum absolute atomic E-state index is 4.19. The summed E-state index contributed by atoms with van der Waals surface area (Å²) in [7, 11) is 0. The van der Waals surface area contributed by atoms with E-state index in [9.17, 15) is 0 Å². The van der Waals surface area contributed by atoms with Gasteiger partial charge in [0.1, 0.15) is 0 Å². The summed E-state index contributed by atoms with van der Waals surface area (Å²) in [5, 5.41) is 8.26. The van der Waals surface area contributed by atoms with Crippen molar-refractivity contribution in [1.82, 2.24) is 10.2 Å². The van der Waals surface area contributed by atoms with Crippen molar-refractivity contribution in [1.29, 1.82) is 0 Å². The summed E-state index contributed by atoms with van der Waals surface area (Å²) in [6, 6.07) is 4.06. The van der Waals surface area contributed by atoms with Gasteiger partial charge in [-0.25, -0.2) is 0 Å². The normalized spacial score (nSPS) is 22.4. The van der Waals surface area contributed by atoms with Crippen LogP contribution in [-0.4, -0.2) is 28.1 Å². The van der Waals surface area contributed by atoms with Crippen molar-refractivity contribution in [3.63, 3.8) is 0 Å². The van der Waals surface area contributed by atoms with Gasteiger partial charge >= 0.3 is 0 Å². The smallest absolute Gasteiger partial charge is 0.151 e. The summed E-state index contributed by atoms with van der Waals surface area (Å²) < 4.78 is 0. The van der Waals surface area contributed by atoms with Crippen LogP contribution in [0.1, 0.15) is 18.5 Å². The maximum atomic E-state index is 4.19. The van der Waals surface area contributed by atoms with Crippen molar-refractivity contribution in [2.24, 2.45) is 0 Å². The van der Waals surface area contributed by atoms with Gasteiger partial charge in [0.25, 0.3) is 0 Å². The number of piperidine rings is 1. The van der Waals surface area contributed by atoms with Gasteiger partial charge in [-0.1, -0.05) is 15.9 Å². The van der Waals surface area contributed by atoms with E-state index in [1.165, 1.54) is 12.8 Å². The topological polar surface area (TPSA) is 29.0 Å². The first-order chi connectivity index (χ1) is 6.75. The molecule has 0 bridgehead atoms. The first-order valence-corrected chi connectivity index (χ1v) is 5.86. The summed E-state index contributed by atoms with van der Waals surface area (Å²) in [6.45, 7) is 4.10. The quantitative estimate of drug-likeness (QED) is 0.721. The Bertz CT molecular complexity index is 299. The van der Waals surface area contributed by atoms with Crippen molar-refractivity contribution >= 4 is 21.7 Å². The van der Waals surface area contributed by atoms with Crippen LogP contribution in [-0.2, 0) is 0 Å². The summed E-state index contributed by atoms with van der Waals surface area (Å²) >= 11 is 3.65. The molecule has 0 amide bonds. The first-order valence-electron chi connectivity index (χ1n) is 4.95. The Balaban J connectivity index is 2.10. The molecule has 0 aliphatic carbocycles. The second-order valence-electron chi connectivity index (χ2n) is 3.72. The fourth-order valence-electron chi connectivity index (χ4n) is 1.69. The highest BCUT2D eigenvalue weighted by Gasteiger charge is 2.18. The molecule has 4 heteroatoms. The Kier molecular flexibility index (Phi) is 3.01. The van der Waals surface area contributed by atoms with Crippen LogP contribution in [0.25, 0.3) is 0 Å². The zero-order valence-corrected chi connectivity index (χ0v) is 9.87. The zero-order valence-electron chi connectivity index (χ0n) is 8.28. The van der Waals surface area contributed by atoms with Gasteiger partial charge in [-0.05, 0) is 31.9 Å².